The first-order chi connectivity index (χ1) is 7.59. The first-order valence-electron chi connectivity index (χ1n) is 4.49. The number of carbonyl (C=O) groups is 1. The predicted molar refractivity (Wildman–Crippen MR) is 53.7 cm³/mol. The van der Waals surface area contributed by atoms with Gasteiger partial charge in [0, 0.05) is 17.1 Å². The first kappa shape index (κ1) is 10.5. The van der Waals surface area contributed by atoms with Crippen LogP contribution in [0.15, 0.2) is 30.5 Å². The van der Waals surface area contributed by atoms with Crippen molar-refractivity contribution >= 4 is 16.9 Å². The minimum atomic E-state index is -2.74. The summed E-state index contributed by atoms with van der Waals surface area (Å²) in [5, 5.41) is 9.19. The lowest BCUT2D eigenvalue weighted by atomic mass is 10.1. The Bertz CT molecular complexity index is 555. The topological polar surface area (TPSA) is 50.2 Å². The molecular formula is C11H7F2NO2. The molecule has 0 aliphatic rings. The zero-order valence-corrected chi connectivity index (χ0v) is 8.02. The zero-order valence-electron chi connectivity index (χ0n) is 8.02. The van der Waals surface area contributed by atoms with Crippen molar-refractivity contribution in [1.29, 1.82) is 0 Å². The summed E-state index contributed by atoms with van der Waals surface area (Å²) >= 11 is 0. The van der Waals surface area contributed by atoms with Gasteiger partial charge in [-0.2, -0.15) is 0 Å². The van der Waals surface area contributed by atoms with Crippen LogP contribution in [0.25, 0.3) is 10.9 Å². The second kappa shape index (κ2) is 3.84. The third-order valence-corrected chi connectivity index (χ3v) is 2.22. The van der Waals surface area contributed by atoms with E-state index in [1.54, 1.807) is 12.1 Å². The van der Waals surface area contributed by atoms with Crippen LogP contribution in [0.1, 0.15) is 22.3 Å². The Morgan fingerprint density at radius 2 is 2.12 bits per heavy atom. The number of carboxylic acids is 1. The normalized spacial score (nSPS) is 10.9. The van der Waals surface area contributed by atoms with Crippen molar-refractivity contribution in [3.05, 3.63) is 41.6 Å². The van der Waals surface area contributed by atoms with Crippen molar-refractivity contribution in [2.75, 3.05) is 0 Å². The summed E-state index contributed by atoms with van der Waals surface area (Å²) in [5.74, 6) is -1.23. The predicted octanol–water partition coefficient (Wildman–Crippen LogP) is 2.87. The molecule has 1 N–H and O–H groups in total. The van der Waals surface area contributed by atoms with Crippen molar-refractivity contribution < 1.29 is 18.7 Å². The maximum absolute atomic E-state index is 12.7. The third kappa shape index (κ3) is 1.71. The van der Waals surface area contributed by atoms with Crippen molar-refractivity contribution in [2.24, 2.45) is 0 Å². The van der Waals surface area contributed by atoms with E-state index in [0.29, 0.717) is 5.39 Å². The summed E-state index contributed by atoms with van der Waals surface area (Å²) in [6.07, 6.45) is -1.34. The van der Waals surface area contributed by atoms with Crippen LogP contribution < -0.4 is 0 Å². The molecule has 1 heterocycles. The molecule has 0 saturated carbocycles. The highest BCUT2D eigenvalue weighted by molar-refractivity contribution is 5.94. The van der Waals surface area contributed by atoms with Gasteiger partial charge in [-0.1, -0.05) is 6.07 Å². The number of rotatable bonds is 2. The number of hydrogen-bond acceptors (Lipinski definition) is 2. The van der Waals surface area contributed by atoms with E-state index in [9.17, 15) is 13.6 Å². The van der Waals surface area contributed by atoms with Gasteiger partial charge >= 0.3 is 5.97 Å². The number of benzene rings is 1. The summed E-state index contributed by atoms with van der Waals surface area (Å²) in [4.78, 5) is 14.6. The Hall–Kier alpha value is -2.04. The number of pyridine rings is 1. The maximum Gasteiger partial charge on any atom is 0.335 e. The van der Waals surface area contributed by atoms with E-state index < -0.39 is 12.4 Å². The highest BCUT2D eigenvalue weighted by Crippen LogP contribution is 2.27. The van der Waals surface area contributed by atoms with Crippen LogP contribution in [0, 0.1) is 0 Å². The fourth-order valence-corrected chi connectivity index (χ4v) is 1.51. The van der Waals surface area contributed by atoms with Gasteiger partial charge in [-0.25, -0.2) is 13.6 Å². The van der Waals surface area contributed by atoms with Gasteiger partial charge in [0.15, 0.2) is 0 Å². The highest BCUT2D eigenvalue weighted by atomic mass is 19.3. The van der Waals surface area contributed by atoms with Gasteiger partial charge in [-0.15, -0.1) is 0 Å². The zero-order chi connectivity index (χ0) is 11.7. The number of aromatic carboxylic acids is 1. The van der Waals surface area contributed by atoms with E-state index in [2.05, 4.69) is 4.98 Å². The average molecular weight is 223 g/mol. The second-order valence-electron chi connectivity index (χ2n) is 3.25. The number of alkyl halides is 2. The molecule has 0 fully saturated rings. The van der Waals surface area contributed by atoms with Gasteiger partial charge < -0.3 is 5.11 Å². The van der Waals surface area contributed by atoms with Gasteiger partial charge in [0.25, 0.3) is 6.43 Å². The number of aromatic nitrogens is 1. The monoisotopic (exact) mass is 223 g/mol. The van der Waals surface area contributed by atoms with Crippen LogP contribution in [-0.4, -0.2) is 16.1 Å². The lowest BCUT2D eigenvalue weighted by Crippen LogP contribution is -1.99. The van der Waals surface area contributed by atoms with E-state index in [-0.39, 0.29) is 16.6 Å². The summed E-state index contributed by atoms with van der Waals surface area (Å²) < 4.78 is 25.4. The molecule has 0 radical (unpaired) electrons. The Kier molecular flexibility index (Phi) is 2.52. The molecule has 5 heteroatoms. The molecule has 1 aromatic carbocycles. The van der Waals surface area contributed by atoms with Gasteiger partial charge in [0.2, 0.25) is 0 Å². The Morgan fingerprint density at radius 1 is 1.38 bits per heavy atom. The first-order valence-corrected chi connectivity index (χ1v) is 4.49. The molecule has 2 rings (SSSR count). The molecule has 0 atom stereocenters. The smallest absolute Gasteiger partial charge is 0.335 e. The molecule has 1 aromatic heterocycles. The van der Waals surface area contributed by atoms with E-state index in [4.69, 9.17) is 5.11 Å². The average Bonchev–Trinajstić information content (AvgIpc) is 2.27. The second-order valence-corrected chi connectivity index (χ2v) is 3.25. The highest BCUT2D eigenvalue weighted by Gasteiger charge is 2.16. The summed E-state index contributed by atoms with van der Waals surface area (Å²) in [6, 6.07) is 5.42. The maximum atomic E-state index is 12.7. The van der Waals surface area contributed by atoms with Crippen LogP contribution in [0.5, 0.6) is 0 Å². The molecule has 16 heavy (non-hydrogen) atoms. The molecule has 82 valence electrons. The fourth-order valence-electron chi connectivity index (χ4n) is 1.51. The molecule has 2 aromatic rings. The number of carboxylic acid groups (broad SMARTS) is 1. The third-order valence-electron chi connectivity index (χ3n) is 2.22. The van der Waals surface area contributed by atoms with Crippen LogP contribution in [0.4, 0.5) is 8.78 Å². The van der Waals surface area contributed by atoms with Crippen LogP contribution in [0.2, 0.25) is 0 Å². The van der Waals surface area contributed by atoms with Crippen molar-refractivity contribution in [1.82, 2.24) is 4.98 Å². The number of nitrogens with zero attached hydrogens (tertiary/aromatic N) is 1. The molecule has 3 nitrogen and oxygen atoms in total. The summed E-state index contributed by atoms with van der Waals surface area (Å²) in [5.41, 5.74) is -0.367. The molecule has 0 amide bonds. The molecule has 0 saturated heterocycles. The van der Waals surface area contributed by atoms with Gasteiger partial charge in [0.1, 0.15) is 0 Å². The standard InChI is InChI=1S/C11H7F2NO2/c12-10(13)8-5-7(11(15)16)4-6-2-1-3-14-9(6)8/h1-5,10H,(H,15,16). The van der Waals surface area contributed by atoms with Crippen molar-refractivity contribution in [3.8, 4) is 0 Å². The number of hydrogen-bond donors (Lipinski definition) is 1. The van der Waals surface area contributed by atoms with Gasteiger partial charge in [-0.05, 0) is 18.2 Å². The molecule has 0 aliphatic carbocycles. The van der Waals surface area contributed by atoms with Crippen molar-refractivity contribution in [3.63, 3.8) is 0 Å². The molecular weight excluding hydrogens is 216 g/mol. The Labute approximate surface area is 89.3 Å². The largest absolute Gasteiger partial charge is 0.478 e. The number of fused-ring (bicyclic) bond motifs is 1. The van der Waals surface area contributed by atoms with E-state index in [0.717, 1.165) is 6.07 Å². The summed E-state index contributed by atoms with van der Waals surface area (Å²) in [7, 11) is 0. The van der Waals surface area contributed by atoms with Crippen LogP contribution in [0.3, 0.4) is 0 Å². The van der Waals surface area contributed by atoms with Crippen molar-refractivity contribution in [2.45, 2.75) is 6.43 Å². The fraction of sp³-hybridized carbons (Fsp3) is 0.0909. The lowest BCUT2D eigenvalue weighted by Gasteiger charge is -2.06. The molecule has 0 aliphatic heterocycles. The number of halogens is 2. The quantitative estimate of drug-likeness (QED) is 0.851. The molecule has 0 spiro atoms. The molecule has 0 bridgehead atoms. The molecule has 0 unspecified atom stereocenters. The van der Waals surface area contributed by atoms with E-state index in [1.165, 1.54) is 12.3 Å². The van der Waals surface area contributed by atoms with E-state index >= 15 is 0 Å². The minimum Gasteiger partial charge on any atom is -0.478 e. The van der Waals surface area contributed by atoms with Crippen LogP contribution >= 0.6 is 0 Å². The van der Waals surface area contributed by atoms with Gasteiger partial charge in [0.05, 0.1) is 11.1 Å². The summed E-state index contributed by atoms with van der Waals surface area (Å²) in [6.45, 7) is 0. The van der Waals surface area contributed by atoms with Gasteiger partial charge in [-0.3, -0.25) is 4.98 Å². The Morgan fingerprint density at radius 3 is 2.75 bits per heavy atom. The Balaban J connectivity index is 2.78. The van der Waals surface area contributed by atoms with Crippen LogP contribution in [-0.2, 0) is 0 Å². The minimum absolute atomic E-state index is 0.141. The lowest BCUT2D eigenvalue weighted by molar-refractivity contribution is 0.0696. The van der Waals surface area contributed by atoms with E-state index in [1.807, 2.05) is 0 Å². The SMILES string of the molecule is O=C(O)c1cc(C(F)F)c2ncccc2c1.